The van der Waals surface area contributed by atoms with Crippen molar-refractivity contribution in [3.63, 3.8) is 0 Å². The van der Waals surface area contributed by atoms with Crippen molar-refractivity contribution in [1.82, 2.24) is 15.1 Å². The van der Waals surface area contributed by atoms with E-state index in [4.69, 9.17) is 5.11 Å². The first-order chi connectivity index (χ1) is 8.58. The number of aromatic carboxylic acids is 1. The van der Waals surface area contributed by atoms with Gasteiger partial charge < -0.3 is 14.9 Å². The molecular formula is C10H8N4O4. The second-order valence-corrected chi connectivity index (χ2v) is 3.30. The number of carbonyl (C=O) groups excluding carboxylic acids is 1. The molecule has 0 saturated heterocycles. The van der Waals surface area contributed by atoms with Crippen LogP contribution in [-0.2, 0) is 0 Å². The molecule has 18 heavy (non-hydrogen) atoms. The maximum absolute atomic E-state index is 11.7. The van der Waals surface area contributed by atoms with Crippen LogP contribution < -0.4 is 5.32 Å². The van der Waals surface area contributed by atoms with E-state index in [1.54, 1.807) is 0 Å². The van der Waals surface area contributed by atoms with Crippen LogP contribution in [-0.4, -0.2) is 32.1 Å². The lowest BCUT2D eigenvalue weighted by Crippen LogP contribution is -2.17. The molecule has 8 nitrogen and oxygen atoms in total. The average molecular weight is 248 g/mol. The second kappa shape index (κ2) is 4.62. The Kier molecular flexibility index (Phi) is 3.00. The predicted molar refractivity (Wildman–Crippen MR) is 58.2 cm³/mol. The second-order valence-electron chi connectivity index (χ2n) is 3.30. The highest BCUT2D eigenvalue weighted by molar-refractivity contribution is 6.05. The Labute approximate surface area is 101 Å². The van der Waals surface area contributed by atoms with Crippen molar-refractivity contribution >= 4 is 17.6 Å². The molecular weight excluding hydrogens is 240 g/mol. The fourth-order valence-electron chi connectivity index (χ4n) is 1.25. The number of aromatic nitrogens is 3. The Morgan fingerprint density at radius 2 is 2.22 bits per heavy atom. The zero-order chi connectivity index (χ0) is 13.1. The molecule has 0 aliphatic rings. The fraction of sp³-hybridized carbons (Fsp3) is 0.100. The summed E-state index contributed by atoms with van der Waals surface area (Å²) < 4.78 is 4.65. The third-order valence-electron chi connectivity index (χ3n) is 1.99. The van der Waals surface area contributed by atoms with E-state index in [1.165, 1.54) is 25.3 Å². The number of hydrogen-bond donors (Lipinski definition) is 2. The summed E-state index contributed by atoms with van der Waals surface area (Å²) in [5.74, 6) is -1.84. The zero-order valence-corrected chi connectivity index (χ0v) is 9.25. The van der Waals surface area contributed by atoms with Gasteiger partial charge in [0, 0.05) is 13.1 Å². The van der Waals surface area contributed by atoms with E-state index < -0.39 is 11.9 Å². The number of amides is 1. The summed E-state index contributed by atoms with van der Waals surface area (Å²) in [5.41, 5.74) is -0.191. The van der Waals surface area contributed by atoms with Gasteiger partial charge in [0.2, 0.25) is 5.89 Å². The van der Waals surface area contributed by atoms with Gasteiger partial charge in [-0.1, -0.05) is 5.16 Å². The molecule has 0 aliphatic carbocycles. The van der Waals surface area contributed by atoms with E-state index in [-0.39, 0.29) is 23.1 Å². The number of rotatable bonds is 3. The molecule has 2 N–H and O–H groups in total. The summed E-state index contributed by atoms with van der Waals surface area (Å²) in [6, 6.07) is 2.92. The monoisotopic (exact) mass is 248 g/mol. The molecule has 2 heterocycles. The van der Waals surface area contributed by atoms with Crippen LogP contribution in [0.4, 0.5) is 5.69 Å². The Morgan fingerprint density at radius 3 is 2.83 bits per heavy atom. The molecule has 0 fully saturated rings. The van der Waals surface area contributed by atoms with Crippen LogP contribution in [0.2, 0.25) is 0 Å². The Balaban J connectivity index is 2.24. The van der Waals surface area contributed by atoms with Gasteiger partial charge in [-0.3, -0.25) is 4.79 Å². The molecule has 92 valence electrons. The van der Waals surface area contributed by atoms with Crippen molar-refractivity contribution in [3.05, 3.63) is 35.7 Å². The molecule has 0 aliphatic heterocycles. The van der Waals surface area contributed by atoms with E-state index in [2.05, 4.69) is 25.0 Å². The first kappa shape index (κ1) is 11.7. The van der Waals surface area contributed by atoms with E-state index in [0.717, 1.165) is 0 Å². The molecule has 0 saturated carbocycles. The highest BCUT2D eigenvalue weighted by Crippen LogP contribution is 2.12. The first-order valence-electron chi connectivity index (χ1n) is 4.88. The molecule has 0 spiro atoms. The Bertz CT molecular complexity index is 607. The number of carboxylic acid groups (broad SMARTS) is 1. The minimum absolute atomic E-state index is 0.0671. The maximum Gasteiger partial charge on any atom is 0.356 e. The predicted octanol–water partition coefficient (Wildman–Crippen LogP) is 0.724. The van der Waals surface area contributed by atoms with Crippen LogP contribution >= 0.6 is 0 Å². The molecule has 0 radical (unpaired) electrons. The molecule has 0 unspecified atom stereocenters. The number of aryl methyl sites for hydroxylation is 1. The van der Waals surface area contributed by atoms with Crippen LogP contribution in [0.5, 0.6) is 0 Å². The van der Waals surface area contributed by atoms with Crippen LogP contribution in [0.15, 0.2) is 22.9 Å². The first-order valence-corrected chi connectivity index (χ1v) is 4.88. The van der Waals surface area contributed by atoms with Crippen molar-refractivity contribution in [3.8, 4) is 0 Å². The van der Waals surface area contributed by atoms with E-state index in [1.807, 2.05) is 0 Å². The summed E-state index contributed by atoms with van der Waals surface area (Å²) in [5, 5.41) is 14.7. The summed E-state index contributed by atoms with van der Waals surface area (Å²) in [6.45, 7) is 1.54. The van der Waals surface area contributed by atoms with Gasteiger partial charge >= 0.3 is 5.97 Å². The van der Waals surface area contributed by atoms with E-state index >= 15 is 0 Å². The molecule has 0 atom stereocenters. The smallest absolute Gasteiger partial charge is 0.356 e. The van der Waals surface area contributed by atoms with E-state index in [9.17, 15) is 9.59 Å². The standard InChI is InChI=1S/C10H8N4O4/c1-5-12-8(14-18-5)9(15)13-6-3-2-4-11-7(6)10(16)17/h2-4H,1H3,(H,13,15)(H,16,17). The van der Waals surface area contributed by atoms with Crippen molar-refractivity contribution in [1.29, 1.82) is 0 Å². The van der Waals surface area contributed by atoms with Gasteiger partial charge in [0.25, 0.3) is 11.7 Å². The lowest BCUT2D eigenvalue weighted by atomic mass is 10.3. The lowest BCUT2D eigenvalue weighted by Gasteiger charge is -2.04. The number of carboxylic acids is 1. The largest absolute Gasteiger partial charge is 0.476 e. The quantitative estimate of drug-likeness (QED) is 0.821. The number of nitrogens with zero attached hydrogens (tertiary/aromatic N) is 3. The van der Waals surface area contributed by atoms with Gasteiger partial charge in [-0.05, 0) is 12.1 Å². The van der Waals surface area contributed by atoms with Crippen molar-refractivity contribution in [2.45, 2.75) is 6.92 Å². The molecule has 2 aromatic rings. The summed E-state index contributed by atoms with van der Waals surface area (Å²) in [7, 11) is 0. The number of nitrogens with one attached hydrogen (secondary N) is 1. The van der Waals surface area contributed by atoms with Crippen molar-refractivity contribution in [2.75, 3.05) is 5.32 Å². The highest BCUT2D eigenvalue weighted by atomic mass is 16.5. The zero-order valence-electron chi connectivity index (χ0n) is 9.25. The summed E-state index contributed by atoms with van der Waals surface area (Å²) in [6.07, 6.45) is 1.32. The maximum atomic E-state index is 11.7. The number of pyridine rings is 1. The molecule has 0 bridgehead atoms. The van der Waals surface area contributed by atoms with Crippen molar-refractivity contribution < 1.29 is 19.2 Å². The normalized spacial score (nSPS) is 10.1. The van der Waals surface area contributed by atoms with Crippen LogP contribution in [0.3, 0.4) is 0 Å². The number of carbonyl (C=O) groups is 2. The summed E-state index contributed by atoms with van der Waals surface area (Å²) >= 11 is 0. The number of hydrogen-bond acceptors (Lipinski definition) is 6. The van der Waals surface area contributed by atoms with Gasteiger partial charge in [-0.25, -0.2) is 9.78 Å². The lowest BCUT2D eigenvalue weighted by molar-refractivity contribution is 0.0691. The Morgan fingerprint density at radius 1 is 1.44 bits per heavy atom. The average Bonchev–Trinajstić information content (AvgIpc) is 2.76. The van der Waals surface area contributed by atoms with Gasteiger partial charge in [0.05, 0.1) is 5.69 Å². The minimum Gasteiger partial charge on any atom is -0.476 e. The SMILES string of the molecule is Cc1nc(C(=O)Nc2cccnc2C(=O)O)no1. The molecule has 1 amide bonds. The van der Waals surface area contributed by atoms with E-state index in [0.29, 0.717) is 0 Å². The van der Waals surface area contributed by atoms with Crippen LogP contribution in [0.1, 0.15) is 27.0 Å². The fourth-order valence-corrected chi connectivity index (χ4v) is 1.25. The molecule has 8 heteroatoms. The van der Waals surface area contributed by atoms with Gasteiger partial charge in [0.15, 0.2) is 5.69 Å². The van der Waals surface area contributed by atoms with Gasteiger partial charge in [0.1, 0.15) is 0 Å². The highest BCUT2D eigenvalue weighted by Gasteiger charge is 2.17. The molecule has 2 rings (SSSR count). The Hall–Kier alpha value is -2.77. The third kappa shape index (κ3) is 2.32. The van der Waals surface area contributed by atoms with Crippen LogP contribution in [0.25, 0.3) is 0 Å². The van der Waals surface area contributed by atoms with Crippen molar-refractivity contribution in [2.24, 2.45) is 0 Å². The molecule has 0 aromatic carbocycles. The van der Waals surface area contributed by atoms with Gasteiger partial charge in [-0.2, -0.15) is 4.98 Å². The minimum atomic E-state index is -1.24. The number of anilines is 1. The van der Waals surface area contributed by atoms with Crippen LogP contribution in [0, 0.1) is 6.92 Å². The molecule has 2 aromatic heterocycles. The topological polar surface area (TPSA) is 118 Å². The third-order valence-corrected chi connectivity index (χ3v) is 1.99. The summed E-state index contributed by atoms with van der Waals surface area (Å²) in [4.78, 5) is 29.9. The van der Waals surface area contributed by atoms with Gasteiger partial charge in [-0.15, -0.1) is 0 Å².